The molecule has 0 spiro atoms. The lowest BCUT2D eigenvalue weighted by Crippen LogP contribution is -2.61. The van der Waals surface area contributed by atoms with Crippen molar-refractivity contribution in [3.63, 3.8) is 0 Å². The van der Waals surface area contributed by atoms with Gasteiger partial charge in [-0.3, -0.25) is 14.7 Å². The van der Waals surface area contributed by atoms with E-state index in [0.29, 0.717) is 24.9 Å². The fourth-order valence-electron chi connectivity index (χ4n) is 4.93. The second-order valence-corrected chi connectivity index (χ2v) is 8.88. The minimum absolute atomic E-state index is 0.0830. The molecule has 2 aromatic carbocycles. The van der Waals surface area contributed by atoms with Crippen LogP contribution in [-0.2, 0) is 24.2 Å². The molecule has 3 aromatic rings. The molecule has 0 radical (unpaired) electrons. The van der Waals surface area contributed by atoms with E-state index in [9.17, 15) is 14.7 Å². The van der Waals surface area contributed by atoms with Gasteiger partial charge in [0.1, 0.15) is 5.54 Å². The van der Waals surface area contributed by atoms with Crippen LogP contribution in [-0.4, -0.2) is 45.6 Å². The molecule has 0 saturated carbocycles. The summed E-state index contributed by atoms with van der Waals surface area (Å²) in [6.07, 6.45) is 3.51. The highest BCUT2D eigenvalue weighted by atomic mass is 16.4. The molecule has 4 rings (SSSR count). The van der Waals surface area contributed by atoms with Gasteiger partial charge in [-0.25, -0.2) is 4.79 Å². The first-order valence-corrected chi connectivity index (χ1v) is 12.1. The Morgan fingerprint density at radius 2 is 1.71 bits per heavy atom. The number of nitrogens with zero attached hydrogens (tertiary/aromatic N) is 3. The summed E-state index contributed by atoms with van der Waals surface area (Å²) in [5.41, 5.74) is 3.39. The molecule has 7 heteroatoms. The number of hydrogen-bond acceptors (Lipinski definition) is 4. The average molecular weight is 473 g/mol. The van der Waals surface area contributed by atoms with Crippen molar-refractivity contribution in [3.05, 3.63) is 89.7 Å². The van der Waals surface area contributed by atoms with Crippen LogP contribution in [0.2, 0.25) is 0 Å². The van der Waals surface area contributed by atoms with Crippen molar-refractivity contribution in [2.75, 3.05) is 23.3 Å². The summed E-state index contributed by atoms with van der Waals surface area (Å²) in [4.78, 5) is 34.2. The number of pyridine rings is 1. The number of nitrogens with one attached hydrogen (secondary N) is 1. The highest BCUT2D eigenvalue weighted by Crippen LogP contribution is 2.36. The summed E-state index contributed by atoms with van der Waals surface area (Å²) < 4.78 is 0. The fourth-order valence-corrected chi connectivity index (χ4v) is 4.93. The summed E-state index contributed by atoms with van der Waals surface area (Å²) in [6, 6.07) is 19.3. The first kappa shape index (κ1) is 24.3. The van der Waals surface area contributed by atoms with Gasteiger partial charge in [0.15, 0.2) is 0 Å². The van der Waals surface area contributed by atoms with E-state index in [-0.39, 0.29) is 12.5 Å². The van der Waals surface area contributed by atoms with Gasteiger partial charge in [-0.1, -0.05) is 30.3 Å². The Bertz CT molecular complexity index is 1160. The van der Waals surface area contributed by atoms with Crippen molar-refractivity contribution in [3.8, 4) is 0 Å². The van der Waals surface area contributed by atoms with Crippen LogP contribution in [0.5, 0.6) is 0 Å². The Morgan fingerprint density at radius 1 is 1.00 bits per heavy atom. The highest BCUT2D eigenvalue weighted by Gasteiger charge is 2.48. The molecule has 1 aliphatic carbocycles. The number of carbonyl (C=O) groups is 2. The Labute approximate surface area is 206 Å². The number of aromatic nitrogens is 1. The van der Waals surface area contributed by atoms with Gasteiger partial charge in [-0.2, -0.15) is 0 Å². The molecule has 1 aliphatic rings. The quantitative estimate of drug-likeness (QED) is 0.483. The first-order chi connectivity index (χ1) is 17.0. The molecule has 0 fully saturated rings. The number of carbonyl (C=O) groups excluding carboxylic acids is 1. The minimum Gasteiger partial charge on any atom is -0.465 e. The van der Waals surface area contributed by atoms with Gasteiger partial charge >= 0.3 is 6.09 Å². The molecule has 2 amide bonds. The zero-order chi connectivity index (χ0) is 24.8. The molecule has 1 aromatic heterocycles. The van der Waals surface area contributed by atoms with Crippen LogP contribution in [0, 0.1) is 0 Å². The van der Waals surface area contributed by atoms with Gasteiger partial charge in [0.25, 0.3) is 5.91 Å². The maximum atomic E-state index is 13.9. The normalized spacial score (nSPS) is 16.7. The van der Waals surface area contributed by atoms with Gasteiger partial charge in [-0.15, -0.1) is 0 Å². The Hall–Kier alpha value is -3.87. The van der Waals surface area contributed by atoms with Gasteiger partial charge in [0.2, 0.25) is 0 Å². The first-order valence-electron chi connectivity index (χ1n) is 12.1. The number of benzene rings is 2. The molecule has 0 bridgehead atoms. The smallest absolute Gasteiger partial charge is 0.408 e. The molecule has 0 saturated heterocycles. The van der Waals surface area contributed by atoms with Crippen LogP contribution < -0.4 is 10.2 Å². The number of rotatable bonds is 8. The number of carboxylic acid groups (broad SMARTS) is 1. The lowest BCUT2D eigenvalue weighted by Gasteiger charge is -2.44. The number of hydrogen-bond donors (Lipinski definition) is 2. The monoisotopic (exact) mass is 472 g/mol. The number of anilines is 2. The lowest BCUT2D eigenvalue weighted by atomic mass is 9.76. The van der Waals surface area contributed by atoms with E-state index in [4.69, 9.17) is 0 Å². The van der Waals surface area contributed by atoms with Crippen molar-refractivity contribution in [2.24, 2.45) is 0 Å². The van der Waals surface area contributed by atoms with Crippen LogP contribution in [0.1, 0.15) is 37.0 Å². The standard InChI is InChI=1S/C28H32N4O3/c1-3-31(4-2)25-13-11-24(12-14-25)30-26(33)28(16-15-22-9-5-6-10-23(22)18-28)32(27(34)35)20-21-8-7-17-29-19-21/h5-14,17,19H,3-4,15-16,18,20H2,1-2H3,(H,30,33)(H,34,35)/t28-/m0/s1. The van der Waals surface area contributed by atoms with E-state index in [0.717, 1.165) is 35.5 Å². The van der Waals surface area contributed by atoms with Gasteiger partial charge in [0, 0.05) is 43.3 Å². The van der Waals surface area contributed by atoms with Crippen molar-refractivity contribution in [1.82, 2.24) is 9.88 Å². The van der Waals surface area contributed by atoms with Crippen LogP contribution in [0.25, 0.3) is 0 Å². The van der Waals surface area contributed by atoms with Gasteiger partial charge in [0.05, 0.1) is 6.54 Å². The fraction of sp³-hybridized carbons (Fsp3) is 0.321. The second-order valence-electron chi connectivity index (χ2n) is 8.88. The van der Waals surface area contributed by atoms with Crippen molar-refractivity contribution >= 4 is 23.4 Å². The molecule has 35 heavy (non-hydrogen) atoms. The van der Waals surface area contributed by atoms with Crippen LogP contribution in [0.15, 0.2) is 73.1 Å². The number of aryl methyl sites for hydroxylation is 1. The van der Waals surface area contributed by atoms with E-state index in [1.54, 1.807) is 18.5 Å². The molecular formula is C28H32N4O3. The average Bonchev–Trinajstić information content (AvgIpc) is 2.89. The molecule has 1 heterocycles. The van der Waals surface area contributed by atoms with Crippen molar-refractivity contribution in [1.29, 1.82) is 0 Å². The second kappa shape index (κ2) is 10.6. The zero-order valence-electron chi connectivity index (χ0n) is 20.3. The molecule has 0 unspecified atom stereocenters. The topological polar surface area (TPSA) is 85.8 Å². The summed E-state index contributed by atoms with van der Waals surface area (Å²) in [6.45, 7) is 6.08. The number of amides is 2. The highest BCUT2D eigenvalue weighted by molar-refractivity contribution is 6.00. The summed E-state index contributed by atoms with van der Waals surface area (Å²) in [5, 5.41) is 13.3. The maximum absolute atomic E-state index is 13.9. The Morgan fingerprint density at radius 3 is 2.34 bits per heavy atom. The van der Waals surface area contributed by atoms with Gasteiger partial charge < -0.3 is 15.3 Å². The predicted octanol–water partition coefficient (Wildman–Crippen LogP) is 4.97. The van der Waals surface area contributed by atoms with E-state index < -0.39 is 11.6 Å². The van der Waals surface area contributed by atoms with Crippen LogP contribution >= 0.6 is 0 Å². The Balaban J connectivity index is 1.67. The third-order valence-corrected chi connectivity index (χ3v) is 6.90. The van der Waals surface area contributed by atoms with E-state index in [1.165, 1.54) is 4.90 Å². The van der Waals surface area contributed by atoms with E-state index in [2.05, 4.69) is 35.1 Å². The third kappa shape index (κ3) is 5.14. The largest absolute Gasteiger partial charge is 0.465 e. The van der Waals surface area contributed by atoms with Gasteiger partial charge in [-0.05, 0) is 73.7 Å². The zero-order valence-corrected chi connectivity index (χ0v) is 20.3. The summed E-state index contributed by atoms with van der Waals surface area (Å²) in [7, 11) is 0. The molecule has 1 atom stereocenters. The summed E-state index contributed by atoms with van der Waals surface area (Å²) >= 11 is 0. The van der Waals surface area contributed by atoms with E-state index in [1.807, 2.05) is 48.5 Å². The molecule has 2 N–H and O–H groups in total. The molecule has 182 valence electrons. The Kier molecular flexibility index (Phi) is 7.34. The van der Waals surface area contributed by atoms with Crippen molar-refractivity contribution < 1.29 is 14.7 Å². The van der Waals surface area contributed by atoms with E-state index >= 15 is 0 Å². The molecule has 7 nitrogen and oxygen atoms in total. The SMILES string of the molecule is CCN(CC)c1ccc(NC(=O)[C@]2(N(Cc3cccnc3)C(=O)O)CCc3ccccc3C2)cc1. The predicted molar refractivity (Wildman–Crippen MR) is 138 cm³/mol. The van der Waals surface area contributed by atoms with Crippen LogP contribution in [0.4, 0.5) is 16.2 Å². The molecule has 0 aliphatic heterocycles. The minimum atomic E-state index is -1.24. The number of fused-ring (bicyclic) bond motifs is 1. The van der Waals surface area contributed by atoms with Crippen molar-refractivity contribution in [2.45, 2.75) is 45.2 Å². The van der Waals surface area contributed by atoms with Crippen LogP contribution in [0.3, 0.4) is 0 Å². The summed E-state index contributed by atoms with van der Waals surface area (Å²) in [5.74, 6) is -0.311. The third-order valence-electron chi connectivity index (χ3n) is 6.90. The maximum Gasteiger partial charge on any atom is 0.408 e. The molecular weight excluding hydrogens is 440 g/mol. The lowest BCUT2D eigenvalue weighted by molar-refractivity contribution is -0.128.